The molecule has 4 nitrogen and oxygen atoms in total. The van der Waals surface area contributed by atoms with Crippen LogP contribution in [0, 0.1) is 19.7 Å². The molecular weight excluding hydrogens is 319 g/mol. The lowest BCUT2D eigenvalue weighted by atomic mass is 10.0. The highest BCUT2D eigenvalue weighted by molar-refractivity contribution is 6.36. The van der Waals surface area contributed by atoms with E-state index in [1.54, 1.807) is 6.92 Å². The topological polar surface area (TPSA) is 49.4 Å². The van der Waals surface area contributed by atoms with Crippen LogP contribution in [0.1, 0.15) is 23.6 Å². The number of nitrogens with one attached hydrogen (secondary N) is 1. The molecule has 0 saturated carbocycles. The lowest BCUT2D eigenvalue weighted by molar-refractivity contribution is -0.136. The number of amides is 2. The van der Waals surface area contributed by atoms with Gasteiger partial charge in [0.2, 0.25) is 0 Å². The molecule has 0 unspecified atom stereocenters. The van der Waals surface area contributed by atoms with Crippen LogP contribution >= 0.6 is 0 Å². The molecule has 1 N–H and O–H groups in total. The van der Waals surface area contributed by atoms with Crippen LogP contribution in [-0.2, 0) is 9.59 Å². The molecule has 0 saturated heterocycles. The van der Waals surface area contributed by atoms with Crippen molar-refractivity contribution in [2.24, 2.45) is 0 Å². The third-order valence-corrected chi connectivity index (χ3v) is 4.39. The van der Waals surface area contributed by atoms with Crippen molar-refractivity contribution >= 4 is 23.1 Å². The molecule has 2 aromatic rings. The van der Waals surface area contributed by atoms with Crippen LogP contribution in [0.15, 0.2) is 48.2 Å². The standard InChI is InChI=1S/C20H19FN2O2/c1-4-23-19(24)17(14-6-8-15(21)9-7-14)18(20(23)25)22-16-10-5-12(2)13(3)11-16/h5-11,22H,4H2,1-3H3. The van der Waals surface area contributed by atoms with Gasteiger partial charge in [-0.15, -0.1) is 0 Å². The minimum atomic E-state index is -0.392. The van der Waals surface area contributed by atoms with E-state index in [9.17, 15) is 14.0 Å². The van der Waals surface area contributed by atoms with Gasteiger partial charge in [0, 0.05) is 12.2 Å². The first-order valence-corrected chi connectivity index (χ1v) is 8.13. The summed E-state index contributed by atoms with van der Waals surface area (Å²) in [5.74, 6) is -1.13. The van der Waals surface area contributed by atoms with Gasteiger partial charge in [-0.2, -0.15) is 0 Å². The highest BCUT2D eigenvalue weighted by Crippen LogP contribution is 2.30. The summed E-state index contributed by atoms with van der Waals surface area (Å²) >= 11 is 0. The van der Waals surface area contributed by atoms with Gasteiger partial charge in [0.25, 0.3) is 11.8 Å². The van der Waals surface area contributed by atoms with Crippen LogP contribution in [0.25, 0.3) is 5.57 Å². The summed E-state index contributed by atoms with van der Waals surface area (Å²) in [6.07, 6.45) is 0. The molecule has 0 aromatic heterocycles. The zero-order valence-corrected chi connectivity index (χ0v) is 14.4. The molecule has 1 heterocycles. The summed E-state index contributed by atoms with van der Waals surface area (Å²) < 4.78 is 13.2. The fraction of sp³-hybridized carbons (Fsp3) is 0.200. The number of aryl methyl sites for hydroxylation is 2. The van der Waals surface area contributed by atoms with E-state index in [2.05, 4.69) is 5.32 Å². The summed E-state index contributed by atoms with van der Waals surface area (Å²) in [6, 6.07) is 11.3. The van der Waals surface area contributed by atoms with Crippen molar-refractivity contribution in [3.05, 3.63) is 70.7 Å². The van der Waals surface area contributed by atoms with Gasteiger partial charge in [0.05, 0.1) is 5.57 Å². The van der Waals surface area contributed by atoms with Crippen molar-refractivity contribution in [3.63, 3.8) is 0 Å². The van der Waals surface area contributed by atoms with E-state index in [-0.39, 0.29) is 29.6 Å². The molecule has 0 spiro atoms. The highest BCUT2D eigenvalue weighted by atomic mass is 19.1. The second-order valence-electron chi connectivity index (χ2n) is 6.04. The number of halogens is 1. The number of benzene rings is 2. The van der Waals surface area contributed by atoms with Crippen LogP contribution in [-0.4, -0.2) is 23.3 Å². The minimum absolute atomic E-state index is 0.224. The molecule has 1 aliphatic heterocycles. The van der Waals surface area contributed by atoms with Crippen LogP contribution in [0.2, 0.25) is 0 Å². The summed E-state index contributed by atoms with van der Waals surface area (Å²) in [4.78, 5) is 26.5. The maximum atomic E-state index is 13.2. The molecule has 0 radical (unpaired) electrons. The summed E-state index contributed by atoms with van der Waals surface area (Å²) in [7, 11) is 0. The smallest absolute Gasteiger partial charge is 0.278 e. The van der Waals surface area contributed by atoms with Gasteiger partial charge in [-0.05, 0) is 61.7 Å². The first kappa shape index (κ1) is 16.9. The Kier molecular flexibility index (Phi) is 4.40. The first-order chi connectivity index (χ1) is 11.9. The van der Waals surface area contributed by atoms with Gasteiger partial charge >= 0.3 is 0 Å². The Morgan fingerprint density at radius 3 is 2.24 bits per heavy atom. The number of rotatable bonds is 4. The Morgan fingerprint density at radius 2 is 1.64 bits per heavy atom. The van der Waals surface area contributed by atoms with Gasteiger partial charge in [-0.25, -0.2) is 4.39 Å². The summed E-state index contributed by atoms with van der Waals surface area (Å²) in [5, 5.41) is 3.09. The summed E-state index contributed by atoms with van der Waals surface area (Å²) in [6.45, 7) is 6.01. The van der Waals surface area contributed by atoms with E-state index in [0.29, 0.717) is 5.56 Å². The number of hydrogen-bond donors (Lipinski definition) is 1. The molecule has 0 fully saturated rings. The molecule has 128 valence electrons. The quantitative estimate of drug-likeness (QED) is 0.866. The average Bonchev–Trinajstić information content (AvgIpc) is 2.82. The van der Waals surface area contributed by atoms with E-state index in [1.165, 1.54) is 29.2 Å². The molecule has 0 bridgehead atoms. The average molecular weight is 338 g/mol. The van der Waals surface area contributed by atoms with E-state index in [1.807, 2.05) is 32.0 Å². The SMILES string of the molecule is CCN1C(=O)C(Nc2ccc(C)c(C)c2)=C(c2ccc(F)cc2)C1=O. The largest absolute Gasteiger partial charge is 0.350 e. The highest BCUT2D eigenvalue weighted by Gasteiger charge is 2.38. The van der Waals surface area contributed by atoms with Crippen molar-refractivity contribution in [3.8, 4) is 0 Å². The molecular formula is C20H19FN2O2. The normalized spacial score (nSPS) is 14.5. The Bertz CT molecular complexity index is 885. The van der Waals surface area contributed by atoms with E-state index >= 15 is 0 Å². The third kappa shape index (κ3) is 3.05. The number of nitrogens with zero attached hydrogens (tertiary/aromatic N) is 1. The van der Waals surface area contributed by atoms with E-state index < -0.39 is 5.82 Å². The zero-order valence-electron chi connectivity index (χ0n) is 14.4. The van der Waals surface area contributed by atoms with Crippen LogP contribution in [0.5, 0.6) is 0 Å². The fourth-order valence-electron chi connectivity index (χ4n) is 2.83. The Balaban J connectivity index is 2.08. The van der Waals surface area contributed by atoms with Crippen molar-refractivity contribution in [1.82, 2.24) is 4.90 Å². The predicted molar refractivity (Wildman–Crippen MR) is 95.3 cm³/mol. The van der Waals surface area contributed by atoms with E-state index in [0.717, 1.165) is 16.8 Å². The lowest BCUT2D eigenvalue weighted by Crippen LogP contribution is -2.32. The van der Waals surface area contributed by atoms with Crippen molar-refractivity contribution in [1.29, 1.82) is 0 Å². The van der Waals surface area contributed by atoms with Crippen LogP contribution < -0.4 is 5.32 Å². The maximum absolute atomic E-state index is 13.2. The molecule has 25 heavy (non-hydrogen) atoms. The first-order valence-electron chi connectivity index (χ1n) is 8.13. The molecule has 3 rings (SSSR count). The van der Waals surface area contributed by atoms with E-state index in [4.69, 9.17) is 0 Å². The van der Waals surface area contributed by atoms with Crippen molar-refractivity contribution < 1.29 is 14.0 Å². The zero-order chi connectivity index (χ0) is 18.1. The van der Waals surface area contributed by atoms with Crippen LogP contribution in [0.3, 0.4) is 0 Å². The number of anilines is 1. The molecule has 2 aromatic carbocycles. The molecule has 1 aliphatic rings. The number of imide groups is 1. The second kappa shape index (κ2) is 6.51. The lowest BCUT2D eigenvalue weighted by Gasteiger charge is -2.12. The predicted octanol–water partition coefficient (Wildman–Crippen LogP) is 3.65. The van der Waals surface area contributed by atoms with Gasteiger partial charge < -0.3 is 5.32 Å². The number of likely N-dealkylation sites (N-methyl/N-ethyl adjacent to an activating group) is 1. The Labute approximate surface area is 146 Å². The minimum Gasteiger partial charge on any atom is -0.350 e. The van der Waals surface area contributed by atoms with Gasteiger partial charge in [-0.3, -0.25) is 14.5 Å². The molecule has 2 amide bonds. The second-order valence-corrected chi connectivity index (χ2v) is 6.04. The third-order valence-electron chi connectivity index (χ3n) is 4.39. The molecule has 5 heteroatoms. The van der Waals surface area contributed by atoms with Crippen molar-refractivity contribution in [2.75, 3.05) is 11.9 Å². The van der Waals surface area contributed by atoms with Gasteiger partial charge in [0.1, 0.15) is 11.5 Å². The van der Waals surface area contributed by atoms with Crippen molar-refractivity contribution in [2.45, 2.75) is 20.8 Å². The number of hydrogen-bond acceptors (Lipinski definition) is 3. The Hall–Kier alpha value is -2.95. The fourth-order valence-corrected chi connectivity index (χ4v) is 2.83. The summed E-state index contributed by atoms with van der Waals surface area (Å²) in [5.41, 5.74) is 3.96. The molecule has 0 aliphatic carbocycles. The van der Waals surface area contributed by atoms with Gasteiger partial charge in [-0.1, -0.05) is 18.2 Å². The number of carbonyl (C=O) groups is 2. The molecule has 0 atom stereocenters. The van der Waals surface area contributed by atoms with Gasteiger partial charge in [0.15, 0.2) is 0 Å². The maximum Gasteiger partial charge on any atom is 0.278 e. The Morgan fingerprint density at radius 1 is 0.960 bits per heavy atom. The monoisotopic (exact) mass is 338 g/mol. The van der Waals surface area contributed by atoms with Crippen LogP contribution in [0.4, 0.5) is 10.1 Å². The number of carbonyl (C=O) groups excluding carboxylic acids is 2.